The van der Waals surface area contributed by atoms with Crippen LogP contribution in [0.4, 0.5) is 0 Å². The molecule has 1 unspecified atom stereocenters. The van der Waals surface area contributed by atoms with Gasteiger partial charge in [0.1, 0.15) is 0 Å². The minimum atomic E-state index is -3.39. The summed E-state index contributed by atoms with van der Waals surface area (Å²) in [5.74, 6) is 0. The maximum atomic E-state index is 12.5. The van der Waals surface area contributed by atoms with Crippen molar-refractivity contribution < 1.29 is 8.42 Å². The smallest absolute Gasteiger partial charge is 0.280 e. The Balaban J connectivity index is 2.78. The molecule has 5 nitrogen and oxygen atoms in total. The molecule has 1 fully saturated rings. The number of hydrogen-bond donors (Lipinski definition) is 2. The van der Waals surface area contributed by atoms with E-state index >= 15 is 0 Å². The molecule has 0 spiro atoms. The fraction of sp³-hybridized carbons (Fsp3) is 1.00. The van der Waals surface area contributed by atoms with Gasteiger partial charge in [0.2, 0.25) is 0 Å². The fourth-order valence-electron chi connectivity index (χ4n) is 2.29. The summed E-state index contributed by atoms with van der Waals surface area (Å²) in [6, 6.07) is 0.0823. The average molecular weight is 291 g/mol. The molecule has 1 atom stereocenters. The lowest BCUT2D eigenvalue weighted by molar-refractivity contribution is 0.239. The van der Waals surface area contributed by atoms with Crippen molar-refractivity contribution in [3.63, 3.8) is 0 Å². The highest BCUT2D eigenvalue weighted by Gasteiger charge is 2.34. The molecular formula is C13H29N3O2S. The van der Waals surface area contributed by atoms with Gasteiger partial charge in [-0.2, -0.15) is 17.4 Å². The van der Waals surface area contributed by atoms with Crippen molar-refractivity contribution in [1.82, 2.24) is 14.3 Å². The summed E-state index contributed by atoms with van der Waals surface area (Å²) in [7, 11) is -3.39. The Kier molecular flexibility index (Phi) is 6.23. The standard InChI is InChI=1S/C13H29N3O2S/c1-5-13(3,4)15-19(17,18)16-10-8-7-9-12(16)11-14-6-2/h12,14-15H,5-11H2,1-4H3. The molecule has 0 aromatic heterocycles. The van der Waals surface area contributed by atoms with E-state index in [2.05, 4.69) is 10.0 Å². The topological polar surface area (TPSA) is 61.4 Å². The highest BCUT2D eigenvalue weighted by Crippen LogP contribution is 2.21. The summed E-state index contributed by atoms with van der Waals surface area (Å²) in [5, 5.41) is 3.26. The van der Waals surface area contributed by atoms with E-state index in [9.17, 15) is 8.42 Å². The number of hydrogen-bond acceptors (Lipinski definition) is 3. The normalized spacial score (nSPS) is 22.6. The average Bonchev–Trinajstić information content (AvgIpc) is 2.35. The van der Waals surface area contributed by atoms with E-state index < -0.39 is 10.2 Å². The van der Waals surface area contributed by atoms with E-state index in [1.54, 1.807) is 4.31 Å². The highest BCUT2D eigenvalue weighted by atomic mass is 32.2. The molecule has 0 amide bonds. The Hall–Kier alpha value is -0.170. The first-order valence-corrected chi connectivity index (χ1v) is 8.78. The largest absolute Gasteiger partial charge is 0.315 e. The lowest BCUT2D eigenvalue weighted by atomic mass is 10.0. The molecule has 1 rings (SSSR count). The molecule has 1 saturated heterocycles. The zero-order valence-electron chi connectivity index (χ0n) is 12.7. The van der Waals surface area contributed by atoms with Crippen LogP contribution in [-0.2, 0) is 10.2 Å². The molecule has 0 bridgehead atoms. The van der Waals surface area contributed by atoms with E-state index in [1.807, 2.05) is 27.7 Å². The fourth-order valence-corrected chi connectivity index (χ4v) is 4.19. The summed E-state index contributed by atoms with van der Waals surface area (Å²) < 4.78 is 29.5. The molecular weight excluding hydrogens is 262 g/mol. The first kappa shape index (κ1) is 16.9. The maximum Gasteiger partial charge on any atom is 0.280 e. The molecule has 1 heterocycles. The second-order valence-electron chi connectivity index (χ2n) is 5.91. The van der Waals surface area contributed by atoms with E-state index in [0.717, 1.165) is 38.8 Å². The van der Waals surface area contributed by atoms with Gasteiger partial charge in [-0.25, -0.2) is 0 Å². The van der Waals surface area contributed by atoms with E-state index in [0.29, 0.717) is 6.54 Å². The zero-order valence-corrected chi connectivity index (χ0v) is 13.5. The summed E-state index contributed by atoms with van der Waals surface area (Å²) >= 11 is 0. The number of nitrogens with one attached hydrogen (secondary N) is 2. The molecule has 0 aliphatic carbocycles. The highest BCUT2D eigenvalue weighted by molar-refractivity contribution is 7.87. The van der Waals surface area contributed by atoms with Gasteiger partial charge in [-0.15, -0.1) is 0 Å². The van der Waals surface area contributed by atoms with Crippen LogP contribution < -0.4 is 10.0 Å². The SMILES string of the molecule is CCNCC1CCCCN1S(=O)(=O)NC(C)(C)CC. The molecule has 2 N–H and O–H groups in total. The van der Waals surface area contributed by atoms with Crippen LogP contribution in [0, 0.1) is 0 Å². The number of piperidine rings is 1. The Labute approximate surface area is 118 Å². The number of nitrogens with zero attached hydrogens (tertiary/aromatic N) is 1. The second kappa shape index (κ2) is 7.02. The van der Waals surface area contributed by atoms with Crippen LogP contribution in [0.25, 0.3) is 0 Å². The predicted molar refractivity (Wildman–Crippen MR) is 79.3 cm³/mol. The van der Waals surface area contributed by atoms with Crippen LogP contribution in [0.1, 0.15) is 53.4 Å². The Morgan fingerprint density at radius 3 is 2.53 bits per heavy atom. The van der Waals surface area contributed by atoms with Gasteiger partial charge in [-0.3, -0.25) is 0 Å². The van der Waals surface area contributed by atoms with Crippen molar-refractivity contribution in [3.8, 4) is 0 Å². The lowest BCUT2D eigenvalue weighted by Gasteiger charge is -2.37. The van der Waals surface area contributed by atoms with Crippen molar-refractivity contribution in [3.05, 3.63) is 0 Å². The van der Waals surface area contributed by atoms with Crippen molar-refractivity contribution in [2.24, 2.45) is 0 Å². The molecule has 1 aliphatic rings. The predicted octanol–water partition coefficient (Wildman–Crippen LogP) is 1.47. The Morgan fingerprint density at radius 1 is 1.26 bits per heavy atom. The second-order valence-corrected chi connectivity index (χ2v) is 7.54. The van der Waals surface area contributed by atoms with Gasteiger partial charge >= 0.3 is 0 Å². The Morgan fingerprint density at radius 2 is 1.95 bits per heavy atom. The summed E-state index contributed by atoms with van der Waals surface area (Å²) in [6.45, 7) is 10.1. The van der Waals surface area contributed by atoms with Crippen LogP contribution in [0.5, 0.6) is 0 Å². The van der Waals surface area contributed by atoms with E-state index in [1.165, 1.54) is 0 Å². The first-order chi connectivity index (χ1) is 8.82. The van der Waals surface area contributed by atoms with Gasteiger partial charge in [0.25, 0.3) is 10.2 Å². The van der Waals surface area contributed by atoms with Crippen LogP contribution in [0.15, 0.2) is 0 Å². The molecule has 0 aromatic rings. The van der Waals surface area contributed by atoms with Gasteiger partial charge in [0, 0.05) is 24.7 Å². The maximum absolute atomic E-state index is 12.5. The third-order valence-electron chi connectivity index (χ3n) is 3.80. The molecule has 6 heteroatoms. The van der Waals surface area contributed by atoms with E-state index in [4.69, 9.17) is 0 Å². The molecule has 0 aromatic carbocycles. The van der Waals surface area contributed by atoms with Gasteiger partial charge in [0.15, 0.2) is 0 Å². The third kappa shape index (κ3) is 5.02. The monoisotopic (exact) mass is 291 g/mol. The quantitative estimate of drug-likeness (QED) is 0.747. The number of likely N-dealkylation sites (N-methyl/N-ethyl adjacent to an activating group) is 1. The van der Waals surface area contributed by atoms with Crippen molar-refractivity contribution in [2.45, 2.75) is 65.0 Å². The summed E-state index contributed by atoms with van der Waals surface area (Å²) in [6.07, 6.45) is 3.79. The van der Waals surface area contributed by atoms with Gasteiger partial charge in [0.05, 0.1) is 0 Å². The van der Waals surface area contributed by atoms with Gasteiger partial charge in [-0.1, -0.05) is 20.3 Å². The summed E-state index contributed by atoms with van der Waals surface area (Å²) in [4.78, 5) is 0. The van der Waals surface area contributed by atoms with Crippen molar-refractivity contribution in [1.29, 1.82) is 0 Å². The Bertz CT molecular complexity index is 368. The molecule has 114 valence electrons. The zero-order chi connectivity index (χ0) is 14.5. The van der Waals surface area contributed by atoms with Crippen LogP contribution >= 0.6 is 0 Å². The molecule has 0 saturated carbocycles. The van der Waals surface area contributed by atoms with Crippen LogP contribution in [0.3, 0.4) is 0 Å². The van der Waals surface area contributed by atoms with Crippen molar-refractivity contribution in [2.75, 3.05) is 19.6 Å². The minimum absolute atomic E-state index is 0.0823. The lowest BCUT2D eigenvalue weighted by Crippen LogP contribution is -2.56. The van der Waals surface area contributed by atoms with Crippen LogP contribution in [0.2, 0.25) is 0 Å². The van der Waals surface area contributed by atoms with Gasteiger partial charge in [-0.05, 0) is 39.7 Å². The number of rotatable bonds is 7. The van der Waals surface area contributed by atoms with Crippen molar-refractivity contribution >= 4 is 10.2 Å². The van der Waals surface area contributed by atoms with E-state index in [-0.39, 0.29) is 11.6 Å². The van der Waals surface area contributed by atoms with Gasteiger partial charge < -0.3 is 5.32 Å². The molecule has 1 aliphatic heterocycles. The third-order valence-corrected chi connectivity index (χ3v) is 5.71. The summed E-state index contributed by atoms with van der Waals surface area (Å²) in [5.41, 5.74) is -0.390. The first-order valence-electron chi connectivity index (χ1n) is 7.34. The molecule has 19 heavy (non-hydrogen) atoms. The molecule has 0 radical (unpaired) electrons. The minimum Gasteiger partial charge on any atom is -0.315 e. The van der Waals surface area contributed by atoms with Crippen LogP contribution in [-0.4, -0.2) is 43.9 Å².